The van der Waals surface area contributed by atoms with E-state index < -0.39 is 23.9 Å². The summed E-state index contributed by atoms with van der Waals surface area (Å²) in [6.45, 7) is 6.81. The second-order valence-corrected chi connectivity index (χ2v) is 11.4. The maximum atomic E-state index is 12.4. The Hall–Kier alpha value is -5.21. The molecule has 0 aliphatic carbocycles. The highest BCUT2D eigenvalue weighted by Gasteiger charge is 2.22. The fourth-order valence-corrected chi connectivity index (χ4v) is 5.69. The number of nitrogens with zero attached hydrogens (tertiary/aromatic N) is 3. The zero-order valence-electron chi connectivity index (χ0n) is 25.8. The van der Waals surface area contributed by atoms with Crippen LogP contribution in [-0.2, 0) is 25.6 Å². The van der Waals surface area contributed by atoms with E-state index in [1.54, 1.807) is 4.90 Å². The van der Waals surface area contributed by atoms with E-state index in [0.29, 0.717) is 30.9 Å². The van der Waals surface area contributed by atoms with Gasteiger partial charge in [-0.15, -0.1) is 11.3 Å². The molecule has 2 aliphatic rings. The summed E-state index contributed by atoms with van der Waals surface area (Å²) < 4.78 is 7.34. The van der Waals surface area contributed by atoms with Gasteiger partial charge >= 0.3 is 23.9 Å². The Kier molecular flexibility index (Phi) is 13.9. The summed E-state index contributed by atoms with van der Waals surface area (Å²) in [6, 6.07) is 14.8. The minimum atomic E-state index is -1.26. The Morgan fingerprint density at radius 2 is 1.45 bits per heavy atom. The topological polar surface area (TPSA) is 185 Å². The molecule has 2 aliphatic heterocycles. The van der Waals surface area contributed by atoms with Crippen molar-refractivity contribution >= 4 is 56.9 Å². The number of carboxylic acid groups (broad SMARTS) is 4. The smallest absolute Gasteiger partial charge is 0.328 e. The van der Waals surface area contributed by atoms with E-state index in [1.807, 2.05) is 36.6 Å². The Bertz CT molecular complexity index is 1560. The number of rotatable bonds is 10. The van der Waals surface area contributed by atoms with Gasteiger partial charge in [0.05, 0.1) is 6.61 Å². The number of carbonyl (C=O) groups is 5. The molecule has 0 saturated carbocycles. The summed E-state index contributed by atoms with van der Waals surface area (Å²) in [5.74, 6) is -4.13. The van der Waals surface area contributed by atoms with Crippen molar-refractivity contribution in [2.45, 2.75) is 12.8 Å². The number of hydrogen-bond donors (Lipinski definition) is 4. The first-order valence-corrected chi connectivity index (χ1v) is 15.5. The van der Waals surface area contributed by atoms with Gasteiger partial charge in [-0.2, -0.15) is 0 Å². The normalized spacial score (nSPS) is 14.6. The first-order valence-electron chi connectivity index (χ1n) is 14.7. The molecule has 1 fully saturated rings. The number of amides is 1. The number of hydrogen-bond acceptors (Lipinski definition) is 9. The Labute approximate surface area is 275 Å². The molecule has 1 aromatic heterocycles. The van der Waals surface area contributed by atoms with Crippen LogP contribution in [0.3, 0.4) is 0 Å². The highest BCUT2D eigenvalue weighted by Crippen LogP contribution is 2.31. The molecule has 14 heteroatoms. The molecule has 0 bridgehead atoms. The molecule has 1 saturated heterocycles. The van der Waals surface area contributed by atoms with E-state index in [0.717, 1.165) is 69.0 Å². The molecular formula is C33H37N3O10S. The molecule has 3 aromatic rings. The second kappa shape index (κ2) is 18.1. The van der Waals surface area contributed by atoms with Gasteiger partial charge in [-0.05, 0) is 54.1 Å². The molecular weight excluding hydrogens is 630 g/mol. The molecule has 2 aromatic carbocycles. The number of ether oxygens (including phenoxy) is 1. The second-order valence-electron chi connectivity index (χ2n) is 10.5. The maximum absolute atomic E-state index is 12.4. The van der Waals surface area contributed by atoms with E-state index in [2.05, 4.69) is 39.4 Å². The highest BCUT2D eigenvalue weighted by atomic mass is 32.1. The van der Waals surface area contributed by atoms with Crippen LogP contribution < -0.4 is 9.64 Å². The minimum absolute atomic E-state index is 0.0997. The SMILES string of the molecule is CN1CCc2ccc(OCCCN3CCN(c4cccc5sccc45)CC3)cc2C1=O.O=C(O)/C=C/C(=O)O.O=C(O)/C=C/C(=O)O. The summed E-state index contributed by atoms with van der Waals surface area (Å²) >= 11 is 1.81. The van der Waals surface area contributed by atoms with Crippen LogP contribution in [0.5, 0.6) is 5.75 Å². The number of likely N-dealkylation sites (N-methyl/N-ethyl adjacent to an activating group) is 1. The zero-order valence-corrected chi connectivity index (χ0v) is 26.6. The van der Waals surface area contributed by atoms with Crippen molar-refractivity contribution in [2.24, 2.45) is 0 Å². The van der Waals surface area contributed by atoms with Crippen LogP contribution in [0.25, 0.3) is 10.1 Å². The van der Waals surface area contributed by atoms with E-state index in [-0.39, 0.29) is 5.91 Å². The predicted molar refractivity (Wildman–Crippen MR) is 177 cm³/mol. The molecule has 1 amide bonds. The number of fused-ring (bicyclic) bond motifs is 2. The fourth-order valence-electron chi connectivity index (χ4n) is 4.89. The van der Waals surface area contributed by atoms with Gasteiger partial charge in [-0.1, -0.05) is 12.1 Å². The highest BCUT2D eigenvalue weighted by molar-refractivity contribution is 7.17. The monoisotopic (exact) mass is 667 g/mol. The van der Waals surface area contributed by atoms with Crippen molar-refractivity contribution in [3.8, 4) is 5.75 Å². The number of piperazine rings is 1. The lowest BCUT2D eigenvalue weighted by Crippen LogP contribution is -2.46. The van der Waals surface area contributed by atoms with Gasteiger partial charge in [0, 0.05) is 92.0 Å². The minimum Gasteiger partial charge on any atom is -0.494 e. The average Bonchev–Trinajstić information content (AvgIpc) is 3.53. The molecule has 47 heavy (non-hydrogen) atoms. The molecule has 0 unspecified atom stereocenters. The van der Waals surface area contributed by atoms with Crippen molar-refractivity contribution < 1.29 is 49.1 Å². The maximum Gasteiger partial charge on any atom is 0.328 e. The average molecular weight is 668 g/mol. The lowest BCUT2D eigenvalue weighted by Gasteiger charge is -2.36. The van der Waals surface area contributed by atoms with Crippen LogP contribution in [-0.4, -0.2) is 113 Å². The molecule has 250 valence electrons. The van der Waals surface area contributed by atoms with Gasteiger partial charge in [-0.3, -0.25) is 9.69 Å². The zero-order chi connectivity index (χ0) is 34.3. The van der Waals surface area contributed by atoms with Crippen molar-refractivity contribution in [1.82, 2.24) is 9.80 Å². The van der Waals surface area contributed by atoms with Gasteiger partial charge in [0.15, 0.2) is 0 Å². The molecule has 0 atom stereocenters. The fraction of sp³-hybridized carbons (Fsp3) is 0.303. The van der Waals surface area contributed by atoms with E-state index in [9.17, 15) is 24.0 Å². The van der Waals surface area contributed by atoms with Gasteiger partial charge in [-0.25, -0.2) is 19.2 Å². The molecule has 4 N–H and O–H groups in total. The largest absolute Gasteiger partial charge is 0.494 e. The van der Waals surface area contributed by atoms with E-state index >= 15 is 0 Å². The molecule has 0 spiro atoms. The van der Waals surface area contributed by atoms with Gasteiger partial charge in [0.25, 0.3) is 5.91 Å². The van der Waals surface area contributed by atoms with E-state index in [1.165, 1.54) is 15.8 Å². The number of anilines is 1. The van der Waals surface area contributed by atoms with Gasteiger partial charge in [0.1, 0.15) is 5.75 Å². The lowest BCUT2D eigenvalue weighted by atomic mass is 9.99. The molecule has 13 nitrogen and oxygen atoms in total. The first-order chi connectivity index (χ1) is 22.4. The van der Waals surface area contributed by atoms with Crippen LogP contribution in [0, 0.1) is 0 Å². The van der Waals surface area contributed by atoms with E-state index in [4.69, 9.17) is 25.2 Å². The van der Waals surface area contributed by atoms with Crippen LogP contribution in [0.4, 0.5) is 5.69 Å². The quantitative estimate of drug-likeness (QED) is 0.182. The van der Waals surface area contributed by atoms with Crippen LogP contribution >= 0.6 is 11.3 Å². The third-order valence-electron chi connectivity index (χ3n) is 7.19. The summed E-state index contributed by atoms with van der Waals surface area (Å²) in [4.78, 5) is 57.4. The van der Waals surface area contributed by atoms with Crippen LogP contribution in [0.15, 0.2) is 72.1 Å². The number of thiophene rings is 1. The summed E-state index contributed by atoms with van der Waals surface area (Å²) in [6.07, 6.45) is 4.14. The molecule has 0 radical (unpaired) electrons. The number of aliphatic carboxylic acids is 4. The summed E-state index contributed by atoms with van der Waals surface area (Å²) in [5.41, 5.74) is 3.30. The van der Waals surface area contributed by atoms with Crippen molar-refractivity contribution in [2.75, 3.05) is 57.8 Å². The third kappa shape index (κ3) is 11.9. The predicted octanol–water partition coefficient (Wildman–Crippen LogP) is 3.54. The Morgan fingerprint density at radius 1 is 0.830 bits per heavy atom. The molecule has 5 rings (SSSR count). The van der Waals surface area contributed by atoms with Crippen molar-refractivity contribution in [3.05, 3.63) is 83.3 Å². The Morgan fingerprint density at radius 3 is 2.04 bits per heavy atom. The lowest BCUT2D eigenvalue weighted by molar-refractivity contribution is -0.134. The Balaban J connectivity index is 0.000000312. The summed E-state index contributed by atoms with van der Waals surface area (Å²) in [7, 11) is 1.86. The van der Waals surface area contributed by atoms with Crippen molar-refractivity contribution in [1.29, 1.82) is 0 Å². The van der Waals surface area contributed by atoms with Gasteiger partial charge < -0.3 is 35.0 Å². The van der Waals surface area contributed by atoms with Crippen LogP contribution in [0.2, 0.25) is 0 Å². The third-order valence-corrected chi connectivity index (χ3v) is 8.07. The summed E-state index contributed by atoms with van der Waals surface area (Å²) in [5, 5.41) is 34.8. The number of benzene rings is 2. The van der Waals surface area contributed by atoms with Crippen molar-refractivity contribution in [3.63, 3.8) is 0 Å². The van der Waals surface area contributed by atoms with Crippen LogP contribution in [0.1, 0.15) is 22.3 Å². The molecule has 3 heterocycles. The number of carboxylic acids is 4. The standard InChI is InChI=1S/C25H29N3O2S.2C4H4O4/c1-26-11-8-19-6-7-20(18-22(19)25(26)29)30-16-3-10-27-12-14-28(15-13-27)23-4-2-5-24-21(23)9-17-31-24;2*5-3(6)1-2-4(7)8/h2,4-7,9,17-18H,3,8,10-16H2,1H3;2*1-2H,(H,5,6)(H,7,8)/b;2*2-1+. The van der Waals surface area contributed by atoms with Gasteiger partial charge in [0.2, 0.25) is 0 Å². The number of carbonyl (C=O) groups excluding carboxylic acids is 1. The first kappa shape index (κ1) is 36.3.